The first-order chi connectivity index (χ1) is 9.29. The maximum absolute atomic E-state index is 4.18. The van der Waals surface area contributed by atoms with E-state index in [1.807, 2.05) is 4.68 Å². The Hall–Kier alpha value is -1.64. The number of hydrogen-bond acceptors (Lipinski definition) is 2. The molecule has 1 atom stereocenters. The summed E-state index contributed by atoms with van der Waals surface area (Å²) < 4.78 is 1.92. The molecule has 0 radical (unpaired) electrons. The number of benzene rings is 1. The zero-order chi connectivity index (χ0) is 13.5. The molecule has 102 valence electrons. The molecule has 0 aliphatic carbocycles. The lowest BCUT2D eigenvalue weighted by Crippen LogP contribution is -2.06. The van der Waals surface area contributed by atoms with Crippen molar-refractivity contribution < 1.29 is 0 Å². The van der Waals surface area contributed by atoms with E-state index in [1.165, 1.54) is 30.4 Å². The highest BCUT2D eigenvalue weighted by atomic mass is 15.3. The largest absolute Gasteiger partial charge is 0.253 e. The third-order valence-electron chi connectivity index (χ3n) is 3.63. The summed E-state index contributed by atoms with van der Waals surface area (Å²) >= 11 is 0. The van der Waals surface area contributed by atoms with Gasteiger partial charge in [-0.25, -0.2) is 4.98 Å². The molecule has 0 N–H and O–H groups in total. The van der Waals surface area contributed by atoms with Crippen LogP contribution in [0.4, 0.5) is 0 Å². The molecule has 0 aliphatic rings. The van der Waals surface area contributed by atoms with Gasteiger partial charge in [-0.1, -0.05) is 49.6 Å². The molecule has 0 saturated carbocycles. The second-order valence-electron chi connectivity index (χ2n) is 5.20. The van der Waals surface area contributed by atoms with Crippen LogP contribution in [0.25, 0.3) is 0 Å². The lowest BCUT2D eigenvalue weighted by Gasteiger charge is -2.17. The van der Waals surface area contributed by atoms with E-state index in [9.17, 15) is 0 Å². The van der Waals surface area contributed by atoms with Crippen LogP contribution in [0, 0.1) is 6.92 Å². The molecule has 1 heterocycles. The number of unbranched alkanes of at least 4 members (excludes halogenated alkanes) is 1. The zero-order valence-corrected chi connectivity index (χ0v) is 11.9. The molecule has 0 amide bonds. The SMILES string of the molecule is CCCC[C@H](CCn1cncn1)c1ccc(C)cc1. The van der Waals surface area contributed by atoms with Gasteiger partial charge in [0.1, 0.15) is 12.7 Å². The Morgan fingerprint density at radius 3 is 2.58 bits per heavy atom. The van der Waals surface area contributed by atoms with Gasteiger partial charge in [0, 0.05) is 6.54 Å². The van der Waals surface area contributed by atoms with Gasteiger partial charge in [0.25, 0.3) is 0 Å². The average Bonchev–Trinajstić information content (AvgIpc) is 2.93. The molecule has 1 aromatic heterocycles. The lowest BCUT2D eigenvalue weighted by atomic mass is 9.90. The Morgan fingerprint density at radius 1 is 1.16 bits per heavy atom. The minimum Gasteiger partial charge on any atom is -0.253 e. The molecule has 0 unspecified atom stereocenters. The fourth-order valence-corrected chi connectivity index (χ4v) is 2.40. The van der Waals surface area contributed by atoms with E-state index in [4.69, 9.17) is 0 Å². The van der Waals surface area contributed by atoms with Crippen molar-refractivity contribution in [2.45, 2.75) is 52.0 Å². The molecule has 0 spiro atoms. The summed E-state index contributed by atoms with van der Waals surface area (Å²) in [4.78, 5) is 4.00. The molecular weight excluding hydrogens is 234 g/mol. The summed E-state index contributed by atoms with van der Waals surface area (Å²) in [5.41, 5.74) is 2.79. The van der Waals surface area contributed by atoms with Crippen LogP contribution in [0.15, 0.2) is 36.9 Å². The normalized spacial score (nSPS) is 12.5. The number of hydrogen-bond donors (Lipinski definition) is 0. The van der Waals surface area contributed by atoms with E-state index >= 15 is 0 Å². The summed E-state index contributed by atoms with van der Waals surface area (Å²) in [6, 6.07) is 8.97. The summed E-state index contributed by atoms with van der Waals surface area (Å²) in [5, 5.41) is 4.18. The molecule has 3 nitrogen and oxygen atoms in total. The second-order valence-corrected chi connectivity index (χ2v) is 5.20. The van der Waals surface area contributed by atoms with Gasteiger partial charge in [-0.15, -0.1) is 0 Å². The first-order valence-corrected chi connectivity index (χ1v) is 7.18. The first-order valence-electron chi connectivity index (χ1n) is 7.18. The zero-order valence-electron chi connectivity index (χ0n) is 11.9. The van der Waals surface area contributed by atoms with E-state index in [1.54, 1.807) is 12.7 Å². The first kappa shape index (κ1) is 13.8. The molecule has 0 fully saturated rings. The van der Waals surface area contributed by atoms with Gasteiger partial charge in [-0.3, -0.25) is 4.68 Å². The molecule has 2 aromatic rings. The minimum absolute atomic E-state index is 0.629. The van der Waals surface area contributed by atoms with Crippen molar-refractivity contribution in [3.63, 3.8) is 0 Å². The van der Waals surface area contributed by atoms with Crippen LogP contribution >= 0.6 is 0 Å². The van der Waals surface area contributed by atoms with Crippen molar-refractivity contribution in [3.05, 3.63) is 48.0 Å². The molecule has 3 heteroatoms. The molecule has 2 rings (SSSR count). The van der Waals surface area contributed by atoms with Gasteiger partial charge in [0.15, 0.2) is 0 Å². The highest BCUT2D eigenvalue weighted by molar-refractivity contribution is 5.24. The van der Waals surface area contributed by atoms with Gasteiger partial charge in [-0.2, -0.15) is 5.10 Å². The molecule has 1 aromatic carbocycles. The Morgan fingerprint density at radius 2 is 1.95 bits per heavy atom. The summed E-state index contributed by atoms with van der Waals surface area (Å²) in [6.45, 7) is 5.34. The molecule has 0 bridgehead atoms. The molecular formula is C16H23N3. The van der Waals surface area contributed by atoms with E-state index in [0.717, 1.165) is 13.0 Å². The van der Waals surface area contributed by atoms with Gasteiger partial charge in [-0.05, 0) is 31.2 Å². The Bertz CT molecular complexity index is 459. The maximum Gasteiger partial charge on any atom is 0.137 e. The van der Waals surface area contributed by atoms with Gasteiger partial charge in [0.2, 0.25) is 0 Å². The van der Waals surface area contributed by atoms with Crippen molar-refractivity contribution in [1.82, 2.24) is 14.8 Å². The predicted molar refractivity (Wildman–Crippen MR) is 78.1 cm³/mol. The smallest absolute Gasteiger partial charge is 0.137 e. The van der Waals surface area contributed by atoms with E-state index in [2.05, 4.69) is 48.2 Å². The van der Waals surface area contributed by atoms with Crippen LogP contribution in [-0.4, -0.2) is 14.8 Å². The quantitative estimate of drug-likeness (QED) is 0.752. The summed E-state index contributed by atoms with van der Waals surface area (Å²) in [6.07, 6.45) is 8.33. The molecule has 19 heavy (non-hydrogen) atoms. The molecule has 0 aliphatic heterocycles. The van der Waals surface area contributed by atoms with Crippen LogP contribution in [0.5, 0.6) is 0 Å². The van der Waals surface area contributed by atoms with Crippen molar-refractivity contribution in [2.24, 2.45) is 0 Å². The fourth-order valence-electron chi connectivity index (χ4n) is 2.40. The van der Waals surface area contributed by atoms with Crippen molar-refractivity contribution in [2.75, 3.05) is 0 Å². The number of nitrogens with zero attached hydrogens (tertiary/aromatic N) is 3. The van der Waals surface area contributed by atoms with Crippen LogP contribution < -0.4 is 0 Å². The van der Waals surface area contributed by atoms with Crippen LogP contribution in [0.2, 0.25) is 0 Å². The molecule has 0 saturated heterocycles. The van der Waals surface area contributed by atoms with Crippen molar-refractivity contribution in [1.29, 1.82) is 0 Å². The monoisotopic (exact) mass is 257 g/mol. The highest BCUT2D eigenvalue weighted by Crippen LogP contribution is 2.26. The maximum atomic E-state index is 4.18. The predicted octanol–water partition coefficient (Wildman–Crippen LogP) is 3.95. The topological polar surface area (TPSA) is 30.7 Å². The number of aryl methyl sites for hydroxylation is 2. The minimum atomic E-state index is 0.629. The number of aromatic nitrogens is 3. The Labute approximate surface area is 115 Å². The number of rotatable bonds is 7. The van der Waals surface area contributed by atoms with Gasteiger partial charge >= 0.3 is 0 Å². The Balaban J connectivity index is 2.00. The third kappa shape index (κ3) is 4.19. The van der Waals surface area contributed by atoms with Gasteiger partial charge in [0.05, 0.1) is 0 Å². The van der Waals surface area contributed by atoms with Crippen LogP contribution in [0.3, 0.4) is 0 Å². The van der Waals surface area contributed by atoms with E-state index in [0.29, 0.717) is 5.92 Å². The average molecular weight is 257 g/mol. The summed E-state index contributed by atoms with van der Waals surface area (Å²) in [5.74, 6) is 0.629. The lowest BCUT2D eigenvalue weighted by molar-refractivity contribution is 0.479. The Kier molecular flexibility index (Phi) is 5.13. The second kappa shape index (κ2) is 7.07. The van der Waals surface area contributed by atoms with Crippen LogP contribution in [-0.2, 0) is 6.54 Å². The van der Waals surface area contributed by atoms with Gasteiger partial charge < -0.3 is 0 Å². The third-order valence-corrected chi connectivity index (χ3v) is 3.63. The van der Waals surface area contributed by atoms with Crippen molar-refractivity contribution in [3.8, 4) is 0 Å². The van der Waals surface area contributed by atoms with Crippen LogP contribution in [0.1, 0.15) is 49.7 Å². The van der Waals surface area contributed by atoms with E-state index in [-0.39, 0.29) is 0 Å². The van der Waals surface area contributed by atoms with Crippen molar-refractivity contribution >= 4 is 0 Å². The summed E-state index contributed by atoms with van der Waals surface area (Å²) in [7, 11) is 0. The highest BCUT2D eigenvalue weighted by Gasteiger charge is 2.11. The fraction of sp³-hybridized carbons (Fsp3) is 0.500. The standard InChI is InChI=1S/C16H23N3/c1-3-4-5-15(10-11-19-13-17-12-18-19)16-8-6-14(2)7-9-16/h6-9,12-13,15H,3-5,10-11H2,1-2H3/t15-/m1/s1. The van der Waals surface area contributed by atoms with E-state index < -0.39 is 0 Å².